The SMILES string of the molecule is CCCNc1ccc(CNc2ncnc3nc(SC)sc23)cc1. The van der Waals surface area contributed by atoms with Gasteiger partial charge in [-0.1, -0.05) is 30.8 Å². The van der Waals surface area contributed by atoms with E-state index < -0.39 is 0 Å². The Labute approximate surface area is 144 Å². The number of nitrogens with zero attached hydrogens (tertiary/aromatic N) is 3. The highest BCUT2D eigenvalue weighted by Crippen LogP contribution is 2.31. The highest BCUT2D eigenvalue weighted by Gasteiger charge is 2.09. The molecule has 0 atom stereocenters. The summed E-state index contributed by atoms with van der Waals surface area (Å²) in [6, 6.07) is 8.48. The lowest BCUT2D eigenvalue weighted by Gasteiger charge is -2.08. The number of fused-ring (bicyclic) bond motifs is 1. The van der Waals surface area contributed by atoms with Crippen LogP contribution in [0.3, 0.4) is 0 Å². The number of thioether (sulfide) groups is 1. The average molecular weight is 345 g/mol. The van der Waals surface area contributed by atoms with Crippen LogP contribution in [0.25, 0.3) is 10.3 Å². The maximum absolute atomic E-state index is 4.47. The fourth-order valence-corrected chi connectivity index (χ4v) is 3.62. The number of hydrogen-bond acceptors (Lipinski definition) is 7. The van der Waals surface area contributed by atoms with Crippen molar-refractivity contribution in [2.24, 2.45) is 0 Å². The van der Waals surface area contributed by atoms with E-state index in [9.17, 15) is 0 Å². The summed E-state index contributed by atoms with van der Waals surface area (Å²) in [6.45, 7) is 3.89. The van der Waals surface area contributed by atoms with Crippen molar-refractivity contribution in [1.82, 2.24) is 15.0 Å². The van der Waals surface area contributed by atoms with E-state index in [2.05, 4.69) is 56.8 Å². The Morgan fingerprint density at radius 3 is 2.70 bits per heavy atom. The van der Waals surface area contributed by atoms with Gasteiger partial charge in [-0.05, 0) is 30.4 Å². The first-order chi connectivity index (χ1) is 11.3. The molecule has 0 radical (unpaired) electrons. The number of benzene rings is 1. The molecule has 0 amide bonds. The van der Waals surface area contributed by atoms with E-state index >= 15 is 0 Å². The zero-order chi connectivity index (χ0) is 16.1. The molecule has 0 aliphatic carbocycles. The maximum Gasteiger partial charge on any atom is 0.176 e. The van der Waals surface area contributed by atoms with Gasteiger partial charge in [0.25, 0.3) is 0 Å². The smallest absolute Gasteiger partial charge is 0.176 e. The summed E-state index contributed by atoms with van der Waals surface area (Å²) in [4.78, 5) is 13.1. The number of nitrogens with one attached hydrogen (secondary N) is 2. The van der Waals surface area contributed by atoms with Crippen LogP contribution in [-0.4, -0.2) is 27.8 Å². The summed E-state index contributed by atoms with van der Waals surface area (Å²) in [5, 5.41) is 6.77. The summed E-state index contributed by atoms with van der Waals surface area (Å²) >= 11 is 3.26. The van der Waals surface area contributed by atoms with Crippen LogP contribution in [0.15, 0.2) is 34.9 Å². The summed E-state index contributed by atoms with van der Waals surface area (Å²) in [7, 11) is 0. The van der Waals surface area contributed by atoms with E-state index in [0.717, 1.165) is 45.7 Å². The van der Waals surface area contributed by atoms with Crippen LogP contribution in [0.4, 0.5) is 11.5 Å². The van der Waals surface area contributed by atoms with Crippen molar-refractivity contribution in [3.05, 3.63) is 36.2 Å². The van der Waals surface area contributed by atoms with Crippen molar-refractivity contribution < 1.29 is 0 Å². The van der Waals surface area contributed by atoms with Crippen molar-refractivity contribution in [1.29, 1.82) is 0 Å². The summed E-state index contributed by atoms with van der Waals surface area (Å²) < 4.78 is 2.02. The van der Waals surface area contributed by atoms with Crippen LogP contribution in [0.2, 0.25) is 0 Å². The van der Waals surface area contributed by atoms with Gasteiger partial charge in [0.2, 0.25) is 0 Å². The van der Waals surface area contributed by atoms with E-state index in [0.29, 0.717) is 0 Å². The highest BCUT2D eigenvalue weighted by molar-refractivity contribution is 8.00. The zero-order valence-electron chi connectivity index (χ0n) is 13.2. The Morgan fingerprint density at radius 1 is 1.13 bits per heavy atom. The number of hydrogen-bond donors (Lipinski definition) is 2. The lowest BCUT2D eigenvalue weighted by molar-refractivity contribution is 0.979. The minimum atomic E-state index is 0.729. The first kappa shape index (κ1) is 16.0. The molecule has 5 nitrogen and oxygen atoms in total. The van der Waals surface area contributed by atoms with Crippen LogP contribution in [0.5, 0.6) is 0 Å². The first-order valence-electron chi connectivity index (χ1n) is 7.52. The van der Waals surface area contributed by atoms with Gasteiger partial charge in [-0.3, -0.25) is 0 Å². The zero-order valence-corrected chi connectivity index (χ0v) is 14.8. The Morgan fingerprint density at radius 2 is 1.96 bits per heavy atom. The summed E-state index contributed by atoms with van der Waals surface area (Å²) in [6.07, 6.45) is 4.71. The Balaban J connectivity index is 1.69. The van der Waals surface area contributed by atoms with E-state index in [-0.39, 0.29) is 0 Å². The van der Waals surface area contributed by atoms with Crippen LogP contribution < -0.4 is 10.6 Å². The third-order valence-electron chi connectivity index (χ3n) is 3.34. The van der Waals surface area contributed by atoms with Gasteiger partial charge in [0, 0.05) is 18.8 Å². The fraction of sp³-hybridized carbons (Fsp3) is 0.312. The van der Waals surface area contributed by atoms with Gasteiger partial charge < -0.3 is 10.6 Å². The molecule has 2 N–H and O–H groups in total. The third kappa shape index (κ3) is 3.92. The second-order valence-corrected chi connectivity index (χ2v) is 7.09. The second-order valence-electron chi connectivity index (χ2n) is 5.04. The Hall–Kier alpha value is -1.86. The standard InChI is InChI=1S/C16H19N5S2/c1-3-8-17-12-6-4-11(5-7-12)9-18-14-13-15(20-10-19-14)21-16(22-2)23-13/h4-7,10,17H,3,8-9H2,1-2H3,(H,18,19,20). The van der Waals surface area contributed by atoms with Crippen molar-refractivity contribution in [3.8, 4) is 0 Å². The molecule has 1 aromatic carbocycles. The predicted octanol–water partition coefficient (Wildman–Crippen LogP) is 4.24. The molecule has 0 spiro atoms. The number of anilines is 2. The molecule has 0 saturated carbocycles. The van der Waals surface area contributed by atoms with Crippen molar-refractivity contribution in [2.45, 2.75) is 24.2 Å². The fourth-order valence-electron chi connectivity index (χ4n) is 2.14. The minimum absolute atomic E-state index is 0.729. The van der Waals surface area contributed by atoms with Crippen molar-refractivity contribution >= 4 is 45.0 Å². The molecule has 0 fully saturated rings. The molecule has 0 unspecified atom stereocenters. The van der Waals surface area contributed by atoms with Crippen LogP contribution in [0, 0.1) is 0 Å². The van der Waals surface area contributed by atoms with Gasteiger partial charge >= 0.3 is 0 Å². The molecule has 2 aromatic heterocycles. The van der Waals surface area contributed by atoms with Crippen LogP contribution >= 0.6 is 23.1 Å². The van der Waals surface area contributed by atoms with E-state index in [4.69, 9.17) is 0 Å². The number of rotatable bonds is 7. The molecule has 0 bridgehead atoms. The summed E-state index contributed by atoms with van der Waals surface area (Å²) in [5.41, 5.74) is 3.14. The largest absolute Gasteiger partial charge is 0.385 e. The molecular formula is C16H19N5S2. The Bertz CT molecular complexity index is 770. The van der Waals surface area contributed by atoms with Crippen LogP contribution in [-0.2, 0) is 6.54 Å². The second kappa shape index (κ2) is 7.61. The average Bonchev–Trinajstić information content (AvgIpc) is 3.03. The van der Waals surface area contributed by atoms with Gasteiger partial charge in [0.15, 0.2) is 9.99 Å². The normalized spacial score (nSPS) is 10.9. The molecule has 120 valence electrons. The van der Waals surface area contributed by atoms with E-state index in [1.807, 2.05) is 6.26 Å². The molecule has 3 rings (SSSR count). The number of aromatic nitrogens is 3. The van der Waals surface area contributed by atoms with Gasteiger partial charge in [-0.2, -0.15) is 0 Å². The van der Waals surface area contributed by atoms with E-state index in [1.165, 1.54) is 5.56 Å². The molecule has 0 aliphatic rings. The lowest BCUT2D eigenvalue weighted by Crippen LogP contribution is -2.03. The topological polar surface area (TPSA) is 62.7 Å². The highest BCUT2D eigenvalue weighted by atomic mass is 32.2. The Kier molecular flexibility index (Phi) is 5.30. The molecule has 3 aromatic rings. The van der Waals surface area contributed by atoms with Gasteiger partial charge in [0.05, 0.1) is 0 Å². The maximum atomic E-state index is 4.47. The molecule has 23 heavy (non-hydrogen) atoms. The molecular weight excluding hydrogens is 326 g/mol. The van der Waals surface area contributed by atoms with E-state index in [1.54, 1.807) is 29.4 Å². The van der Waals surface area contributed by atoms with Gasteiger partial charge in [0.1, 0.15) is 16.8 Å². The molecule has 0 aliphatic heterocycles. The molecule has 2 heterocycles. The monoisotopic (exact) mass is 345 g/mol. The van der Waals surface area contributed by atoms with Crippen molar-refractivity contribution in [2.75, 3.05) is 23.4 Å². The summed E-state index contributed by atoms with van der Waals surface area (Å²) in [5.74, 6) is 0.848. The minimum Gasteiger partial charge on any atom is -0.385 e. The molecule has 0 saturated heterocycles. The lowest BCUT2D eigenvalue weighted by atomic mass is 10.2. The third-order valence-corrected chi connectivity index (χ3v) is 5.38. The predicted molar refractivity (Wildman–Crippen MR) is 99.5 cm³/mol. The van der Waals surface area contributed by atoms with Gasteiger partial charge in [-0.25, -0.2) is 15.0 Å². The number of thiazole rings is 1. The quantitative estimate of drug-likeness (QED) is 0.625. The van der Waals surface area contributed by atoms with Crippen LogP contribution in [0.1, 0.15) is 18.9 Å². The first-order valence-corrected chi connectivity index (χ1v) is 9.56. The van der Waals surface area contributed by atoms with Gasteiger partial charge in [-0.15, -0.1) is 11.3 Å². The molecule has 7 heteroatoms. The van der Waals surface area contributed by atoms with Crippen molar-refractivity contribution in [3.63, 3.8) is 0 Å².